The highest BCUT2D eigenvalue weighted by atomic mass is 16.7. The Morgan fingerprint density at radius 2 is 1.95 bits per heavy atom. The van der Waals surface area contributed by atoms with Gasteiger partial charge in [0.1, 0.15) is 17.1 Å². The van der Waals surface area contributed by atoms with Crippen LogP contribution in [-0.2, 0) is 4.74 Å². The van der Waals surface area contributed by atoms with Crippen LogP contribution in [0.25, 0.3) is 0 Å². The Hall–Kier alpha value is -1.71. The number of benzene rings is 1. The van der Waals surface area contributed by atoms with Crippen molar-refractivity contribution in [2.24, 2.45) is 5.92 Å². The van der Waals surface area contributed by atoms with E-state index >= 15 is 0 Å². The van der Waals surface area contributed by atoms with Crippen LogP contribution in [0.2, 0.25) is 0 Å². The molecule has 1 aromatic carbocycles. The van der Waals surface area contributed by atoms with Crippen LogP contribution in [0.3, 0.4) is 0 Å². The van der Waals surface area contributed by atoms with E-state index in [1.54, 1.807) is 19.9 Å². The molecule has 0 bridgehead atoms. The molecule has 2 aliphatic rings. The summed E-state index contributed by atoms with van der Waals surface area (Å²) in [7, 11) is 0. The van der Waals surface area contributed by atoms with E-state index in [1.165, 1.54) is 32.1 Å². The van der Waals surface area contributed by atoms with Gasteiger partial charge in [-0.05, 0) is 24.5 Å². The van der Waals surface area contributed by atoms with Crippen molar-refractivity contribution >= 4 is 5.97 Å². The second-order valence-electron chi connectivity index (χ2n) is 6.66. The van der Waals surface area contributed by atoms with Gasteiger partial charge >= 0.3 is 5.97 Å². The maximum atomic E-state index is 12.2. The maximum absolute atomic E-state index is 12.2. The zero-order chi connectivity index (χ0) is 15.6. The van der Waals surface area contributed by atoms with E-state index in [4.69, 9.17) is 14.2 Å². The number of ether oxygens (including phenoxy) is 3. The van der Waals surface area contributed by atoms with Crippen LogP contribution in [0.4, 0.5) is 0 Å². The Bertz CT molecular complexity index is 544. The van der Waals surface area contributed by atoms with Crippen molar-refractivity contribution in [3.8, 4) is 11.5 Å². The van der Waals surface area contributed by atoms with Gasteiger partial charge in [0.2, 0.25) is 5.79 Å². The van der Waals surface area contributed by atoms with Crippen LogP contribution < -0.4 is 9.47 Å². The number of carbonyl (C=O) groups excluding carboxylic acids is 1. The Labute approximate surface area is 131 Å². The standard InChI is InChI=1S/C18H24O4/c1-18(2)21-15-10-6-9-14(16(15)17(19)22-18)20-12-11-13-7-4-3-5-8-13/h6,9-10,13H,3-5,7-8,11-12H2,1-2H3. The molecule has 1 aromatic rings. The summed E-state index contributed by atoms with van der Waals surface area (Å²) in [6.45, 7) is 4.09. The molecule has 1 aliphatic carbocycles. The predicted molar refractivity (Wildman–Crippen MR) is 83.3 cm³/mol. The Morgan fingerprint density at radius 1 is 1.18 bits per heavy atom. The lowest BCUT2D eigenvalue weighted by Crippen LogP contribution is -2.39. The average Bonchev–Trinajstić information content (AvgIpc) is 2.46. The molecule has 1 saturated carbocycles. The van der Waals surface area contributed by atoms with Gasteiger partial charge < -0.3 is 14.2 Å². The summed E-state index contributed by atoms with van der Waals surface area (Å²) in [5.74, 6) is 0.560. The van der Waals surface area contributed by atoms with Crippen molar-refractivity contribution < 1.29 is 19.0 Å². The summed E-state index contributed by atoms with van der Waals surface area (Å²) in [6.07, 6.45) is 7.68. The number of hydrogen-bond acceptors (Lipinski definition) is 4. The van der Waals surface area contributed by atoms with E-state index in [-0.39, 0.29) is 5.97 Å². The lowest BCUT2D eigenvalue weighted by molar-refractivity contribution is -0.127. The molecule has 0 spiro atoms. The largest absolute Gasteiger partial charge is 0.493 e. The Morgan fingerprint density at radius 3 is 2.73 bits per heavy atom. The fourth-order valence-corrected chi connectivity index (χ4v) is 3.29. The summed E-state index contributed by atoms with van der Waals surface area (Å²) in [4.78, 5) is 12.2. The zero-order valence-electron chi connectivity index (χ0n) is 13.4. The van der Waals surface area contributed by atoms with Gasteiger partial charge in [0.25, 0.3) is 0 Å². The first-order chi connectivity index (χ1) is 10.6. The van der Waals surface area contributed by atoms with Gasteiger partial charge in [0.15, 0.2) is 0 Å². The van der Waals surface area contributed by atoms with Crippen LogP contribution in [0.5, 0.6) is 11.5 Å². The molecule has 0 saturated heterocycles. The molecule has 1 aliphatic heterocycles. The van der Waals surface area contributed by atoms with Crippen LogP contribution in [0.15, 0.2) is 18.2 Å². The zero-order valence-corrected chi connectivity index (χ0v) is 13.4. The van der Waals surface area contributed by atoms with Gasteiger partial charge in [-0.15, -0.1) is 0 Å². The van der Waals surface area contributed by atoms with Crippen molar-refractivity contribution in [1.82, 2.24) is 0 Å². The lowest BCUT2D eigenvalue weighted by Gasteiger charge is -2.32. The molecule has 0 unspecified atom stereocenters. The minimum Gasteiger partial charge on any atom is -0.493 e. The molecule has 0 atom stereocenters. The van der Waals surface area contributed by atoms with Crippen molar-refractivity contribution in [2.75, 3.05) is 6.61 Å². The highest BCUT2D eigenvalue weighted by Crippen LogP contribution is 2.37. The van der Waals surface area contributed by atoms with Gasteiger partial charge in [-0.2, -0.15) is 0 Å². The third kappa shape index (κ3) is 3.37. The minimum absolute atomic E-state index is 0.375. The van der Waals surface area contributed by atoms with Gasteiger partial charge in [-0.25, -0.2) is 4.79 Å². The molecule has 0 N–H and O–H groups in total. The first kappa shape index (κ1) is 15.2. The van der Waals surface area contributed by atoms with Crippen LogP contribution in [0, 0.1) is 5.92 Å². The van der Waals surface area contributed by atoms with Crippen molar-refractivity contribution in [1.29, 1.82) is 0 Å². The van der Waals surface area contributed by atoms with Crippen molar-refractivity contribution in [3.05, 3.63) is 23.8 Å². The lowest BCUT2D eigenvalue weighted by atomic mass is 9.87. The van der Waals surface area contributed by atoms with Crippen LogP contribution in [-0.4, -0.2) is 18.4 Å². The van der Waals surface area contributed by atoms with Gasteiger partial charge in [-0.1, -0.05) is 38.2 Å². The third-order valence-corrected chi connectivity index (χ3v) is 4.39. The second kappa shape index (κ2) is 6.19. The highest BCUT2D eigenvalue weighted by Gasteiger charge is 2.36. The molecule has 22 heavy (non-hydrogen) atoms. The topological polar surface area (TPSA) is 44.8 Å². The first-order valence-electron chi connectivity index (χ1n) is 8.23. The molecule has 4 nitrogen and oxygen atoms in total. The predicted octanol–water partition coefficient (Wildman–Crippen LogP) is 4.32. The molecule has 0 amide bonds. The number of hydrogen-bond donors (Lipinski definition) is 0. The fraction of sp³-hybridized carbons (Fsp3) is 0.611. The smallest absolute Gasteiger partial charge is 0.349 e. The molecule has 120 valence electrons. The first-order valence-corrected chi connectivity index (χ1v) is 8.23. The molecule has 1 fully saturated rings. The monoisotopic (exact) mass is 304 g/mol. The van der Waals surface area contributed by atoms with E-state index in [9.17, 15) is 4.79 Å². The average molecular weight is 304 g/mol. The SMILES string of the molecule is CC1(C)OC(=O)c2c(OCCC3CCCCC3)cccc2O1. The Balaban J connectivity index is 1.66. The molecule has 4 heteroatoms. The maximum Gasteiger partial charge on any atom is 0.349 e. The number of carbonyl (C=O) groups is 1. The third-order valence-electron chi connectivity index (χ3n) is 4.39. The summed E-state index contributed by atoms with van der Waals surface area (Å²) >= 11 is 0. The quantitative estimate of drug-likeness (QED) is 0.777. The summed E-state index contributed by atoms with van der Waals surface area (Å²) in [5, 5.41) is 0. The molecule has 0 aromatic heterocycles. The van der Waals surface area contributed by atoms with Crippen molar-refractivity contribution in [3.63, 3.8) is 0 Å². The minimum atomic E-state index is -0.926. The Kier molecular flexibility index (Phi) is 4.27. The summed E-state index contributed by atoms with van der Waals surface area (Å²) in [6, 6.07) is 5.44. The molecular weight excluding hydrogens is 280 g/mol. The van der Waals surface area contributed by atoms with E-state index in [2.05, 4.69) is 0 Å². The molecule has 0 radical (unpaired) electrons. The molecule has 1 heterocycles. The van der Waals surface area contributed by atoms with Gasteiger partial charge in [0, 0.05) is 13.8 Å². The van der Waals surface area contributed by atoms with E-state index in [0.29, 0.717) is 23.7 Å². The number of cyclic esters (lactones) is 1. The summed E-state index contributed by atoms with van der Waals surface area (Å²) in [5.41, 5.74) is 0.408. The van der Waals surface area contributed by atoms with E-state index < -0.39 is 5.79 Å². The number of fused-ring (bicyclic) bond motifs is 1. The normalized spacial score (nSPS) is 20.7. The van der Waals surface area contributed by atoms with Crippen LogP contribution in [0.1, 0.15) is 62.7 Å². The highest BCUT2D eigenvalue weighted by molar-refractivity contribution is 5.96. The second-order valence-corrected chi connectivity index (χ2v) is 6.66. The molecular formula is C18H24O4. The van der Waals surface area contributed by atoms with E-state index in [1.807, 2.05) is 12.1 Å². The van der Waals surface area contributed by atoms with Crippen molar-refractivity contribution in [2.45, 2.75) is 58.2 Å². The fourth-order valence-electron chi connectivity index (χ4n) is 3.29. The number of rotatable bonds is 4. The van der Waals surface area contributed by atoms with Gasteiger partial charge in [-0.3, -0.25) is 0 Å². The summed E-state index contributed by atoms with van der Waals surface area (Å²) < 4.78 is 16.9. The van der Waals surface area contributed by atoms with Crippen LogP contribution >= 0.6 is 0 Å². The van der Waals surface area contributed by atoms with E-state index in [0.717, 1.165) is 12.3 Å². The van der Waals surface area contributed by atoms with Gasteiger partial charge in [0.05, 0.1) is 6.61 Å². The molecule has 3 rings (SSSR count). The number of esters is 1.